The van der Waals surface area contributed by atoms with E-state index in [1.165, 1.54) is 11.1 Å². The standard InChI is InChI=1S/C31H42N4O4.C31H40N4O4/c2*1-18(2)26-17-34(8)27-23(26)14-22(21-9-11-35(12-10-21)30(38)39-31(5,6)7)15-24(27)28(36)32-16-25-19(3)13-20(4)33-29(25)37/h13-15,17-18,21H,9-12,16H2,1-8H3,(H,32,36)(H,33,37);9,13-15,17-18H,10-12,16H2,1-8H3,(H,32,36)(H,33,37). The molecule has 0 unspecified atom stereocenters. The number of amides is 4. The maximum Gasteiger partial charge on any atom is 0.410 e. The number of aryl methyl sites for hydroxylation is 6. The molecule has 2 aliphatic heterocycles. The molecule has 0 aliphatic carbocycles. The normalized spacial score (nSPS) is 14.4. The van der Waals surface area contributed by atoms with Crippen molar-refractivity contribution in [3.8, 4) is 0 Å². The Morgan fingerprint density at radius 2 is 1.08 bits per heavy atom. The first-order valence-corrected chi connectivity index (χ1v) is 27.4. The number of piperidine rings is 1. The molecule has 8 rings (SSSR count). The van der Waals surface area contributed by atoms with Crippen molar-refractivity contribution in [2.45, 2.75) is 158 Å². The van der Waals surface area contributed by atoms with E-state index < -0.39 is 11.2 Å². The van der Waals surface area contributed by atoms with E-state index in [4.69, 9.17) is 9.47 Å². The van der Waals surface area contributed by atoms with Crippen LogP contribution in [0.3, 0.4) is 0 Å². The number of nitrogens with one attached hydrogen (secondary N) is 4. The van der Waals surface area contributed by atoms with Crippen LogP contribution in [0.2, 0.25) is 0 Å². The van der Waals surface area contributed by atoms with Crippen molar-refractivity contribution in [3.63, 3.8) is 0 Å². The van der Waals surface area contributed by atoms with E-state index >= 15 is 0 Å². The molecule has 6 aromatic rings. The highest BCUT2D eigenvalue weighted by atomic mass is 16.6. The van der Waals surface area contributed by atoms with E-state index in [0.29, 0.717) is 60.8 Å². The van der Waals surface area contributed by atoms with Gasteiger partial charge in [-0.05, 0) is 182 Å². The third-order valence-corrected chi connectivity index (χ3v) is 14.7. The molecule has 1 fully saturated rings. The average molecular weight is 1070 g/mol. The van der Waals surface area contributed by atoms with Gasteiger partial charge in [-0.15, -0.1) is 0 Å². The Kier molecular flexibility index (Phi) is 17.4. The van der Waals surface area contributed by atoms with E-state index in [1.807, 2.05) is 123 Å². The summed E-state index contributed by atoms with van der Waals surface area (Å²) >= 11 is 0. The molecule has 6 heterocycles. The third kappa shape index (κ3) is 13.5. The highest BCUT2D eigenvalue weighted by Gasteiger charge is 2.30. The molecule has 4 aromatic heterocycles. The van der Waals surface area contributed by atoms with Gasteiger partial charge in [0.2, 0.25) is 0 Å². The highest BCUT2D eigenvalue weighted by Crippen LogP contribution is 2.37. The monoisotopic (exact) mass is 1070 g/mol. The van der Waals surface area contributed by atoms with Crippen molar-refractivity contribution in [1.82, 2.24) is 39.5 Å². The lowest BCUT2D eigenvalue weighted by Gasteiger charge is -2.33. The molecule has 4 amide bonds. The predicted octanol–water partition coefficient (Wildman–Crippen LogP) is 11.2. The van der Waals surface area contributed by atoms with Crippen LogP contribution in [0.5, 0.6) is 0 Å². The van der Waals surface area contributed by atoms with E-state index in [9.17, 15) is 28.8 Å². The molecular formula is C62H82N8O8. The number of hydrogen-bond acceptors (Lipinski definition) is 8. The van der Waals surface area contributed by atoms with Crippen molar-refractivity contribution in [2.24, 2.45) is 14.1 Å². The molecular weight excluding hydrogens is 985 g/mol. The first kappa shape index (κ1) is 58.3. The van der Waals surface area contributed by atoms with Crippen molar-refractivity contribution in [3.05, 3.63) is 143 Å². The van der Waals surface area contributed by atoms with Gasteiger partial charge in [0.15, 0.2) is 0 Å². The van der Waals surface area contributed by atoms with Crippen LogP contribution in [-0.4, -0.2) is 90.3 Å². The number of carbonyl (C=O) groups excluding carboxylic acids is 4. The van der Waals surface area contributed by atoms with Gasteiger partial charge in [0, 0.05) is 99.0 Å². The van der Waals surface area contributed by atoms with Gasteiger partial charge < -0.3 is 49.0 Å². The summed E-state index contributed by atoms with van der Waals surface area (Å²) in [5, 5.41) is 8.11. The number of fused-ring (bicyclic) bond motifs is 2. The number of ether oxygens (including phenoxy) is 2. The van der Waals surface area contributed by atoms with Gasteiger partial charge in [-0.2, -0.15) is 0 Å². The van der Waals surface area contributed by atoms with Crippen LogP contribution in [0, 0.1) is 27.7 Å². The molecule has 1 saturated heterocycles. The Morgan fingerprint density at radius 3 is 1.50 bits per heavy atom. The predicted molar refractivity (Wildman–Crippen MR) is 310 cm³/mol. The Labute approximate surface area is 459 Å². The number of likely N-dealkylation sites (tertiary alicyclic amines) is 1. The van der Waals surface area contributed by atoms with Crippen LogP contribution in [0.4, 0.5) is 9.59 Å². The summed E-state index contributed by atoms with van der Waals surface area (Å²) in [4.78, 5) is 86.6. The fraction of sp³-hybridized carbons (Fsp3) is 0.484. The number of carbonyl (C=O) groups is 4. The maximum absolute atomic E-state index is 13.7. The molecule has 4 N–H and O–H groups in total. The summed E-state index contributed by atoms with van der Waals surface area (Å²) < 4.78 is 15.1. The Hall–Kier alpha value is -7.36. The van der Waals surface area contributed by atoms with E-state index in [0.717, 1.165) is 73.9 Å². The topological polar surface area (TPSA) is 193 Å². The molecule has 16 nitrogen and oxygen atoms in total. The fourth-order valence-corrected chi connectivity index (χ4v) is 10.7. The van der Waals surface area contributed by atoms with E-state index in [-0.39, 0.29) is 60.0 Å². The third-order valence-electron chi connectivity index (χ3n) is 14.7. The number of benzene rings is 2. The summed E-state index contributed by atoms with van der Waals surface area (Å²) in [6.45, 7) is 29.8. The minimum absolute atomic E-state index is 0.140. The van der Waals surface area contributed by atoms with Gasteiger partial charge in [-0.1, -0.05) is 33.8 Å². The Balaban J connectivity index is 0.000000226. The number of hydrogen-bond donors (Lipinski definition) is 4. The SMILES string of the molecule is Cc1cc(C)c(CNC(=O)c2cc(C3=CCN(C(=O)OC(C)(C)C)CC3)cc3c(C(C)C)cn(C)c23)c(=O)[nH]1.Cc1cc(C)c(CNC(=O)c2cc(C3CCN(C(=O)OC(C)(C)C)CC3)cc3c(C(C)C)cn(C)c23)c(=O)[nH]1. The lowest BCUT2D eigenvalue weighted by molar-refractivity contribution is 0.0203. The van der Waals surface area contributed by atoms with Gasteiger partial charge in [0.25, 0.3) is 22.9 Å². The number of nitrogens with zero attached hydrogens (tertiary/aromatic N) is 4. The van der Waals surface area contributed by atoms with Crippen LogP contribution >= 0.6 is 0 Å². The number of aromatic amines is 2. The van der Waals surface area contributed by atoms with Gasteiger partial charge >= 0.3 is 12.2 Å². The van der Waals surface area contributed by atoms with Crippen LogP contribution in [0.15, 0.2) is 64.5 Å². The smallest absolute Gasteiger partial charge is 0.410 e. The molecule has 78 heavy (non-hydrogen) atoms. The second-order valence-electron chi connectivity index (χ2n) is 24.0. The van der Waals surface area contributed by atoms with Crippen LogP contribution in [0.25, 0.3) is 27.4 Å². The van der Waals surface area contributed by atoms with Gasteiger partial charge in [-0.3, -0.25) is 19.2 Å². The first-order valence-electron chi connectivity index (χ1n) is 27.4. The first-order chi connectivity index (χ1) is 36.5. The minimum atomic E-state index is -0.545. The van der Waals surface area contributed by atoms with Crippen molar-refractivity contribution in [1.29, 1.82) is 0 Å². The Morgan fingerprint density at radius 1 is 0.628 bits per heavy atom. The number of H-pyrrole nitrogens is 2. The molecule has 0 saturated carbocycles. The second-order valence-corrected chi connectivity index (χ2v) is 24.0. The number of pyridine rings is 2. The average Bonchev–Trinajstić information content (AvgIpc) is 3.88. The largest absolute Gasteiger partial charge is 0.444 e. The number of rotatable bonds is 10. The molecule has 0 spiro atoms. The molecule has 0 atom stereocenters. The molecule has 2 aliphatic rings. The lowest BCUT2D eigenvalue weighted by Crippen LogP contribution is -2.41. The van der Waals surface area contributed by atoms with E-state index in [1.54, 1.807) is 9.80 Å². The Bertz CT molecular complexity index is 3420. The molecule has 2 aromatic carbocycles. The van der Waals surface area contributed by atoms with Crippen LogP contribution in [-0.2, 0) is 36.7 Å². The van der Waals surface area contributed by atoms with Gasteiger partial charge in [0.05, 0.1) is 22.2 Å². The lowest BCUT2D eigenvalue weighted by atomic mass is 9.86. The summed E-state index contributed by atoms with van der Waals surface area (Å²) in [6.07, 6.45) is 7.90. The molecule has 0 bridgehead atoms. The maximum atomic E-state index is 13.7. The summed E-state index contributed by atoms with van der Waals surface area (Å²) in [5.41, 5.74) is 11.4. The second kappa shape index (κ2) is 23.3. The zero-order valence-corrected chi connectivity index (χ0v) is 48.8. The summed E-state index contributed by atoms with van der Waals surface area (Å²) in [7, 11) is 3.93. The quantitative estimate of drug-likeness (QED) is 0.104. The minimum Gasteiger partial charge on any atom is -0.444 e. The summed E-state index contributed by atoms with van der Waals surface area (Å²) in [5.74, 6) is 0.356. The van der Waals surface area contributed by atoms with Crippen molar-refractivity contribution >= 4 is 51.4 Å². The van der Waals surface area contributed by atoms with Crippen molar-refractivity contribution < 1.29 is 28.7 Å². The fourth-order valence-electron chi connectivity index (χ4n) is 10.7. The van der Waals surface area contributed by atoms with Gasteiger partial charge in [0.1, 0.15) is 11.2 Å². The zero-order chi connectivity index (χ0) is 57.3. The summed E-state index contributed by atoms with van der Waals surface area (Å²) in [6, 6.07) is 12.1. The van der Waals surface area contributed by atoms with Crippen molar-refractivity contribution in [2.75, 3.05) is 26.2 Å². The van der Waals surface area contributed by atoms with Crippen LogP contribution in [0.1, 0.15) is 183 Å². The zero-order valence-electron chi connectivity index (χ0n) is 48.8. The van der Waals surface area contributed by atoms with Crippen LogP contribution < -0.4 is 21.8 Å². The molecule has 0 radical (unpaired) electrons. The highest BCUT2D eigenvalue weighted by molar-refractivity contribution is 6.09. The molecule has 16 heteroatoms. The van der Waals surface area contributed by atoms with E-state index in [2.05, 4.69) is 72.8 Å². The van der Waals surface area contributed by atoms with Gasteiger partial charge in [-0.25, -0.2) is 9.59 Å². The number of aromatic nitrogens is 4. The molecule has 418 valence electrons.